The van der Waals surface area contributed by atoms with E-state index >= 15 is 0 Å². The van der Waals surface area contributed by atoms with Crippen LogP contribution >= 0.6 is 11.6 Å². The zero-order valence-electron chi connectivity index (χ0n) is 9.26. The number of ether oxygens (including phenoxy) is 1. The van der Waals surface area contributed by atoms with E-state index in [1.54, 1.807) is 0 Å². The van der Waals surface area contributed by atoms with Crippen LogP contribution in [0.2, 0.25) is 5.02 Å². The number of rotatable bonds is 0. The van der Waals surface area contributed by atoms with E-state index in [0.717, 1.165) is 29.6 Å². The molecule has 2 aliphatic rings. The van der Waals surface area contributed by atoms with Crippen molar-refractivity contribution < 1.29 is 4.74 Å². The summed E-state index contributed by atoms with van der Waals surface area (Å²) in [6.07, 6.45) is 5.23. The van der Waals surface area contributed by atoms with Crippen LogP contribution in [0.5, 0.6) is 5.75 Å². The van der Waals surface area contributed by atoms with Crippen molar-refractivity contribution >= 4 is 17.3 Å². The molecule has 1 aliphatic heterocycles. The molecule has 0 bridgehead atoms. The molecule has 1 fully saturated rings. The van der Waals surface area contributed by atoms with Gasteiger partial charge in [0.2, 0.25) is 0 Å². The highest BCUT2D eigenvalue weighted by molar-refractivity contribution is 6.30. The van der Waals surface area contributed by atoms with Crippen LogP contribution in [0, 0.1) is 5.41 Å². The SMILES string of the molecule is Clc1ccc2c(c1)OCC1(CCCC1)CN2. The predicted octanol–water partition coefficient (Wildman–Crippen LogP) is 3.70. The summed E-state index contributed by atoms with van der Waals surface area (Å²) in [5.74, 6) is 0.899. The molecule has 0 amide bonds. The second kappa shape index (κ2) is 3.85. The molecule has 0 radical (unpaired) electrons. The van der Waals surface area contributed by atoms with Gasteiger partial charge in [-0.3, -0.25) is 0 Å². The van der Waals surface area contributed by atoms with E-state index in [0.29, 0.717) is 5.41 Å². The third-order valence-corrected chi connectivity index (χ3v) is 4.03. The average Bonchev–Trinajstić information content (AvgIpc) is 2.66. The molecule has 1 aromatic rings. The largest absolute Gasteiger partial charge is 0.491 e. The minimum Gasteiger partial charge on any atom is -0.491 e. The van der Waals surface area contributed by atoms with Gasteiger partial charge in [-0.2, -0.15) is 0 Å². The molecule has 1 spiro atoms. The smallest absolute Gasteiger partial charge is 0.143 e. The number of fused-ring (bicyclic) bond motifs is 1. The summed E-state index contributed by atoms with van der Waals surface area (Å²) in [4.78, 5) is 0. The van der Waals surface area contributed by atoms with Gasteiger partial charge in [0.1, 0.15) is 5.75 Å². The lowest BCUT2D eigenvalue weighted by Crippen LogP contribution is -2.30. The molecule has 1 saturated carbocycles. The second-order valence-electron chi connectivity index (χ2n) is 4.99. The molecule has 3 heteroatoms. The van der Waals surface area contributed by atoms with Crippen molar-refractivity contribution in [2.24, 2.45) is 5.41 Å². The molecule has 3 rings (SSSR count). The summed E-state index contributed by atoms with van der Waals surface area (Å²) in [5, 5.41) is 4.24. The first-order valence-electron chi connectivity index (χ1n) is 5.94. The topological polar surface area (TPSA) is 21.3 Å². The van der Waals surface area contributed by atoms with Gasteiger partial charge in [-0.1, -0.05) is 24.4 Å². The molecule has 1 aromatic carbocycles. The third-order valence-electron chi connectivity index (χ3n) is 3.80. The molecule has 86 valence electrons. The van der Waals surface area contributed by atoms with Gasteiger partial charge in [0.05, 0.1) is 12.3 Å². The molecule has 16 heavy (non-hydrogen) atoms. The van der Waals surface area contributed by atoms with Gasteiger partial charge in [-0.05, 0) is 25.0 Å². The van der Waals surface area contributed by atoms with Gasteiger partial charge in [-0.15, -0.1) is 0 Å². The van der Waals surface area contributed by atoms with Crippen molar-refractivity contribution in [3.63, 3.8) is 0 Å². The van der Waals surface area contributed by atoms with E-state index in [-0.39, 0.29) is 0 Å². The van der Waals surface area contributed by atoms with Crippen LogP contribution < -0.4 is 10.1 Å². The highest BCUT2D eigenvalue weighted by atomic mass is 35.5. The monoisotopic (exact) mass is 237 g/mol. The lowest BCUT2D eigenvalue weighted by atomic mass is 9.87. The predicted molar refractivity (Wildman–Crippen MR) is 66.3 cm³/mol. The Kier molecular flexibility index (Phi) is 2.47. The standard InChI is InChI=1S/C13H16ClNO/c14-10-3-4-11-12(7-10)16-9-13(8-15-11)5-1-2-6-13/h3-4,7,15H,1-2,5-6,8-9H2. The van der Waals surface area contributed by atoms with Crippen LogP contribution in [0.1, 0.15) is 25.7 Å². The van der Waals surface area contributed by atoms with E-state index in [1.165, 1.54) is 25.7 Å². The highest BCUT2D eigenvalue weighted by Gasteiger charge is 2.36. The lowest BCUT2D eigenvalue weighted by molar-refractivity contribution is 0.169. The first-order valence-corrected chi connectivity index (χ1v) is 6.32. The maximum absolute atomic E-state index is 5.97. The first kappa shape index (κ1) is 10.3. The van der Waals surface area contributed by atoms with Crippen LogP contribution in [0.4, 0.5) is 5.69 Å². The summed E-state index contributed by atoms with van der Waals surface area (Å²) in [5.41, 5.74) is 1.43. The van der Waals surface area contributed by atoms with Crippen LogP contribution in [-0.2, 0) is 0 Å². The zero-order valence-corrected chi connectivity index (χ0v) is 10.0. The van der Waals surface area contributed by atoms with Crippen molar-refractivity contribution in [1.29, 1.82) is 0 Å². The Morgan fingerprint density at radius 2 is 2.06 bits per heavy atom. The highest BCUT2D eigenvalue weighted by Crippen LogP contribution is 2.42. The van der Waals surface area contributed by atoms with Gasteiger partial charge >= 0.3 is 0 Å². The molecule has 0 aromatic heterocycles. The molecule has 0 atom stereocenters. The number of hydrogen-bond acceptors (Lipinski definition) is 2. The number of anilines is 1. The molecular weight excluding hydrogens is 222 g/mol. The average molecular weight is 238 g/mol. The summed E-state index contributed by atoms with van der Waals surface area (Å²) in [6, 6.07) is 5.81. The summed E-state index contributed by atoms with van der Waals surface area (Å²) in [6.45, 7) is 1.86. The molecular formula is C13H16ClNO. The van der Waals surface area contributed by atoms with Gasteiger partial charge in [0, 0.05) is 23.0 Å². The van der Waals surface area contributed by atoms with Crippen molar-refractivity contribution in [1.82, 2.24) is 0 Å². The van der Waals surface area contributed by atoms with Crippen LogP contribution in [0.3, 0.4) is 0 Å². The Bertz CT molecular complexity index is 399. The maximum Gasteiger partial charge on any atom is 0.143 e. The number of halogens is 1. The quantitative estimate of drug-likeness (QED) is 0.743. The second-order valence-corrected chi connectivity index (χ2v) is 5.43. The van der Waals surface area contributed by atoms with E-state index < -0.39 is 0 Å². The summed E-state index contributed by atoms with van der Waals surface area (Å²) >= 11 is 5.97. The van der Waals surface area contributed by atoms with E-state index in [1.807, 2.05) is 18.2 Å². The Morgan fingerprint density at radius 3 is 2.88 bits per heavy atom. The number of benzene rings is 1. The van der Waals surface area contributed by atoms with Gasteiger partial charge in [-0.25, -0.2) is 0 Å². The lowest BCUT2D eigenvalue weighted by Gasteiger charge is -2.25. The summed E-state index contributed by atoms with van der Waals surface area (Å²) in [7, 11) is 0. The van der Waals surface area contributed by atoms with Crippen molar-refractivity contribution in [2.75, 3.05) is 18.5 Å². The maximum atomic E-state index is 5.97. The summed E-state index contributed by atoms with van der Waals surface area (Å²) < 4.78 is 5.92. The Morgan fingerprint density at radius 1 is 1.25 bits per heavy atom. The van der Waals surface area contributed by atoms with E-state index in [9.17, 15) is 0 Å². The number of hydrogen-bond donors (Lipinski definition) is 1. The zero-order chi connectivity index (χ0) is 11.0. The van der Waals surface area contributed by atoms with Crippen molar-refractivity contribution in [3.8, 4) is 5.75 Å². The normalized spacial score (nSPS) is 22.1. The molecule has 0 unspecified atom stereocenters. The van der Waals surface area contributed by atoms with Crippen molar-refractivity contribution in [2.45, 2.75) is 25.7 Å². The minimum atomic E-state index is 0.353. The Hall–Kier alpha value is -0.890. The molecule has 0 saturated heterocycles. The van der Waals surface area contributed by atoms with Gasteiger partial charge in [0.25, 0.3) is 0 Å². The molecule has 1 aliphatic carbocycles. The van der Waals surface area contributed by atoms with Crippen LogP contribution in [-0.4, -0.2) is 13.2 Å². The van der Waals surface area contributed by atoms with E-state index in [2.05, 4.69) is 5.32 Å². The van der Waals surface area contributed by atoms with Crippen molar-refractivity contribution in [3.05, 3.63) is 23.2 Å². The first-order chi connectivity index (χ1) is 7.77. The van der Waals surface area contributed by atoms with Gasteiger partial charge < -0.3 is 10.1 Å². The Labute approximate surface area is 101 Å². The third kappa shape index (κ3) is 1.75. The van der Waals surface area contributed by atoms with E-state index in [4.69, 9.17) is 16.3 Å². The fraction of sp³-hybridized carbons (Fsp3) is 0.538. The fourth-order valence-corrected chi connectivity index (χ4v) is 2.93. The van der Waals surface area contributed by atoms with Crippen LogP contribution in [0.15, 0.2) is 18.2 Å². The van der Waals surface area contributed by atoms with Gasteiger partial charge in [0.15, 0.2) is 0 Å². The number of nitrogens with one attached hydrogen (secondary N) is 1. The van der Waals surface area contributed by atoms with Crippen LogP contribution in [0.25, 0.3) is 0 Å². The molecule has 1 N–H and O–H groups in total. The molecule has 2 nitrogen and oxygen atoms in total. The molecule has 1 heterocycles. The fourth-order valence-electron chi connectivity index (χ4n) is 2.77. The minimum absolute atomic E-state index is 0.353. The Balaban J connectivity index is 1.86.